The van der Waals surface area contributed by atoms with Gasteiger partial charge >= 0.3 is 11.9 Å². The molecule has 13 nitrogen and oxygen atoms in total. The number of aromatic amines is 1. The first-order chi connectivity index (χ1) is 18.4. The Bertz CT molecular complexity index is 1170. The third kappa shape index (κ3) is 9.57. The molecule has 9 N–H and O–H groups in total. The standard InChI is InChI=1S/C25H35N5O8S/c1-13(31)21(26)24(36)30-19(11-14-12-27-16-6-4-3-5-15(14)16)23(35)28-17(9-10-39-2)22(34)29-18(25(37)38)7-8-20(32)33/h3-6,12-13,17-19,21,27,31H,7-11,26H2,1-2H3,(H,28,35)(H,29,34)(H,30,36)(H,32,33)(H,37,38). The molecule has 0 fully saturated rings. The molecule has 0 bridgehead atoms. The minimum atomic E-state index is -1.46. The second-order valence-electron chi connectivity index (χ2n) is 9.07. The Balaban J connectivity index is 2.28. The average molecular weight is 566 g/mol. The predicted octanol–water partition coefficient (Wildman–Crippen LogP) is -0.425. The van der Waals surface area contributed by atoms with Gasteiger partial charge in [0.05, 0.1) is 6.10 Å². The largest absolute Gasteiger partial charge is 0.481 e. The van der Waals surface area contributed by atoms with Crippen LogP contribution in [-0.4, -0.2) is 92.2 Å². The van der Waals surface area contributed by atoms with E-state index in [9.17, 15) is 34.2 Å². The molecule has 1 aromatic heterocycles. The number of carboxylic acid groups (broad SMARTS) is 2. The number of fused-ring (bicyclic) bond motifs is 1. The zero-order valence-corrected chi connectivity index (χ0v) is 22.5. The zero-order chi connectivity index (χ0) is 29.1. The number of aromatic nitrogens is 1. The third-order valence-corrected chi connectivity index (χ3v) is 6.70. The van der Waals surface area contributed by atoms with Crippen LogP contribution in [0.3, 0.4) is 0 Å². The van der Waals surface area contributed by atoms with Crippen LogP contribution < -0.4 is 21.7 Å². The van der Waals surface area contributed by atoms with Crippen LogP contribution in [0, 0.1) is 0 Å². The van der Waals surface area contributed by atoms with Crippen LogP contribution in [0.4, 0.5) is 0 Å². The molecule has 214 valence electrons. The van der Waals surface area contributed by atoms with Crippen molar-refractivity contribution < 1.29 is 39.3 Å². The number of hydrogen-bond acceptors (Lipinski definition) is 8. The molecule has 5 unspecified atom stereocenters. The first-order valence-corrected chi connectivity index (χ1v) is 13.7. The minimum Gasteiger partial charge on any atom is -0.481 e. The van der Waals surface area contributed by atoms with E-state index in [1.54, 1.807) is 12.5 Å². The molecule has 1 heterocycles. The molecule has 0 aliphatic carbocycles. The molecule has 5 atom stereocenters. The predicted molar refractivity (Wildman–Crippen MR) is 145 cm³/mol. The highest BCUT2D eigenvalue weighted by Crippen LogP contribution is 2.19. The number of nitrogens with one attached hydrogen (secondary N) is 4. The lowest BCUT2D eigenvalue weighted by Gasteiger charge is -2.25. The number of thioether (sulfide) groups is 1. The van der Waals surface area contributed by atoms with Gasteiger partial charge in [-0.05, 0) is 43.4 Å². The van der Waals surface area contributed by atoms with Crippen LogP contribution in [0.15, 0.2) is 30.5 Å². The number of carboxylic acids is 2. The van der Waals surface area contributed by atoms with Crippen molar-refractivity contribution in [2.24, 2.45) is 5.73 Å². The van der Waals surface area contributed by atoms with Gasteiger partial charge in [0.2, 0.25) is 17.7 Å². The number of aliphatic hydroxyl groups excluding tert-OH is 1. The van der Waals surface area contributed by atoms with Crippen molar-refractivity contribution >= 4 is 52.3 Å². The van der Waals surface area contributed by atoms with E-state index >= 15 is 0 Å². The molecule has 0 radical (unpaired) electrons. The van der Waals surface area contributed by atoms with Crippen molar-refractivity contribution in [2.45, 2.75) is 62.9 Å². The quantitative estimate of drug-likeness (QED) is 0.131. The fourth-order valence-electron chi connectivity index (χ4n) is 3.79. The number of amides is 3. The summed E-state index contributed by atoms with van der Waals surface area (Å²) in [4.78, 5) is 64.6. The molecule has 2 aromatic rings. The molecule has 0 saturated carbocycles. The lowest BCUT2D eigenvalue weighted by atomic mass is 10.0. The molecule has 14 heteroatoms. The summed E-state index contributed by atoms with van der Waals surface area (Å²) in [5.74, 6) is -4.46. The fraction of sp³-hybridized carbons (Fsp3) is 0.480. The number of rotatable bonds is 16. The highest BCUT2D eigenvalue weighted by atomic mass is 32.2. The average Bonchev–Trinajstić information content (AvgIpc) is 3.30. The van der Waals surface area contributed by atoms with E-state index in [0.717, 1.165) is 10.9 Å². The maximum Gasteiger partial charge on any atom is 0.326 e. The lowest BCUT2D eigenvalue weighted by molar-refractivity contribution is -0.143. The summed E-state index contributed by atoms with van der Waals surface area (Å²) < 4.78 is 0. The van der Waals surface area contributed by atoms with Gasteiger partial charge in [0.15, 0.2) is 0 Å². The van der Waals surface area contributed by atoms with Gasteiger partial charge in [-0.2, -0.15) is 11.8 Å². The second-order valence-corrected chi connectivity index (χ2v) is 10.1. The third-order valence-electron chi connectivity index (χ3n) is 6.06. The molecule has 3 amide bonds. The smallest absolute Gasteiger partial charge is 0.326 e. The molecule has 0 aliphatic rings. The van der Waals surface area contributed by atoms with Crippen molar-refractivity contribution in [2.75, 3.05) is 12.0 Å². The number of aliphatic carboxylic acids is 2. The van der Waals surface area contributed by atoms with Crippen LogP contribution in [0.2, 0.25) is 0 Å². The summed E-state index contributed by atoms with van der Waals surface area (Å²) in [5.41, 5.74) is 7.28. The molecular weight excluding hydrogens is 530 g/mol. The van der Waals surface area contributed by atoms with E-state index in [4.69, 9.17) is 10.8 Å². The van der Waals surface area contributed by atoms with E-state index < -0.39 is 66.4 Å². The molecular formula is C25H35N5O8S. The van der Waals surface area contributed by atoms with Crippen LogP contribution in [0.25, 0.3) is 10.9 Å². The molecule has 0 aliphatic heterocycles. The normalized spacial score (nSPS) is 15.0. The van der Waals surface area contributed by atoms with Crippen LogP contribution in [-0.2, 0) is 30.4 Å². The van der Waals surface area contributed by atoms with Gasteiger partial charge in [-0.1, -0.05) is 18.2 Å². The summed E-state index contributed by atoms with van der Waals surface area (Å²) >= 11 is 1.40. The van der Waals surface area contributed by atoms with E-state index in [1.807, 2.05) is 24.3 Å². The van der Waals surface area contributed by atoms with Crippen molar-refractivity contribution in [1.29, 1.82) is 0 Å². The highest BCUT2D eigenvalue weighted by Gasteiger charge is 2.31. The first-order valence-electron chi connectivity index (χ1n) is 12.3. The van der Waals surface area contributed by atoms with Crippen LogP contribution >= 0.6 is 11.8 Å². The molecule has 39 heavy (non-hydrogen) atoms. The van der Waals surface area contributed by atoms with Gasteiger partial charge in [0.25, 0.3) is 0 Å². The molecule has 0 spiro atoms. The maximum absolute atomic E-state index is 13.4. The highest BCUT2D eigenvalue weighted by molar-refractivity contribution is 7.98. The molecule has 1 aromatic carbocycles. The van der Waals surface area contributed by atoms with Crippen molar-refractivity contribution in [3.8, 4) is 0 Å². The monoisotopic (exact) mass is 565 g/mol. The summed E-state index contributed by atoms with van der Waals surface area (Å²) in [6, 6.07) is 2.24. The Hall–Kier alpha value is -3.62. The summed E-state index contributed by atoms with van der Waals surface area (Å²) in [7, 11) is 0. The van der Waals surface area contributed by atoms with Gasteiger partial charge in [-0.15, -0.1) is 0 Å². The number of nitrogens with two attached hydrogens (primary N) is 1. The fourth-order valence-corrected chi connectivity index (χ4v) is 4.26. The SMILES string of the molecule is CSCCC(NC(=O)C(Cc1c[nH]c2ccccc12)NC(=O)C(N)C(C)O)C(=O)NC(CCC(=O)O)C(=O)O. The Morgan fingerprint density at radius 1 is 0.949 bits per heavy atom. The Morgan fingerprint density at radius 3 is 2.18 bits per heavy atom. The summed E-state index contributed by atoms with van der Waals surface area (Å²) in [6.07, 6.45) is 1.68. The number of aliphatic hydroxyl groups is 1. The van der Waals surface area contributed by atoms with Gasteiger partial charge in [-0.3, -0.25) is 19.2 Å². The van der Waals surface area contributed by atoms with E-state index in [1.165, 1.54) is 18.7 Å². The van der Waals surface area contributed by atoms with Gasteiger partial charge in [-0.25, -0.2) is 4.79 Å². The summed E-state index contributed by atoms with van der Waals surface area (Å²) in [6.45, 7) is 1.34. The van der Waals surface area contributed by atoms with Crippen LogP contribution in [0.5, 0.6) is 0 Å². The Kier molecular flexibility index (Phi) is 12.2. The van der Waals surface area contributed by atoms with Crippen LogP contribution in [0.1, 0.15) is 31.7 Å². The number of hydrogen-bond donors (Lipinski definition) is 8. The van der Waals surface area contributed by atoms with Gasteiger partial charge < -0.3 is 42.0 Å². The Morgan fingerprint density at radius 2 is 1.56 bits per heavy atom. The number of benzene rings is 1. The van der Waals surface area contributed by atoms with E-state index in [2.05, 4.69) is 20.9 Å². The van der Waals surface area contributed by atoms with Crippen molar-refractivity contribution in [3.63, 3.8) is 0 Å². The maximum atomic E-state index is 13.4. The number of carbonyl (C=O) groups is 5. The van der Waals surface area contributed by atoms with Crippen molar-refractivity contribution in [3.05, 3.63) is 36.0 Å². The Labute approximate surface area is 229 Å². The number of para-hydroxylation sites is 1. The molecule has 0 saturated heterocycles. The second kappa shape index (κ2) is 15.1. The first kappa shape index (κ1) is 31.6. The summed E-state index contributed by atoms with van der Waals surface area (Å²) in [5, 5.41) is 36.3. The minimum absolute atomic E-state index is 0.0291. The van der Waals surface area contributed by atoms with Gasteiger partial charge in [0.1, 0.15) is 24.2 Å². The van der Waals surface area contributed by atoms with Crippen molar-refractivity contribution in [1.82, 2.24) is 20.9 Å². The van der Waals surface area contributed by atoms with E-state index in [-0.39, 0.29) is 19.3 Å². The zero-order valence-electron chi connectivity index (χ0n) is 21.7. The van der Waals surface area contributed by atoms with E-state index in [0.29, 0.717) is 11.3 Å². The van der Waals surface area contributed by atoms with Gasteiger partial charge in [0, 0.05) is 29.9 Å². The number of H-pyrrole nitrogens is 1. The number of carbonyl (C=O) groups excluding carboxylic acids is 3. The topological polar surface area (TPSA) is 224 Å². The molecule has 2 rings (SSSR count). The lowest BCUT2D eigenvalue weighted by Crippen LogP contribution is -2.58.